The smallest absolute Gasteiger partial charge is 0.408 e. The molecule has 1 aromatic rings. The Morgan fingerprint density at radius 1 is 1.09 bits per heavy atom. The van der Waals surface area contributed by atoms with E-state index in [0.717, 1.165) is 42.4 Å². The Bertz CT molecular complexity index is 871. The maximum atomic E-state index is 13.9. The first-order chi connectivity index (χ1) is 16.4. The summed E-state index contributed by atoms with van der Waals surface area (Å²) in [6, 6.07) is 3.91. The first-order valence-corrected chi connectivity index (χ1v) is 13.3. The molecule has 1 fully saturated rings. The molecule has 0 aliphatic heterocycles. The zero-order valence-electron chi connectivity index (χ0n) is 22.3. The summed E-state index contributed by atoms with van der Waals surface area (Å²) in [6.45, 7) is 13.0. The predicted octanol–water partition coefficient (Wildman–Crippen LogP) is 4.85. The highest BCUT2D eigenvalue weighted by Gasteiger charge is 2.39. The van der Waals surface area contributed by atoms with Gasteiger partial charge in [-0.05, 0) is 78.0 Å². The van der Waals surface area contributed by atoms with Gasteiger partial charge in [0.2, 0.25) is 11.8 Å². The molecule has 1 aliphatic carbocycles. The molecule has 1 aliphatic rings. The van der Waals surface area contributed by atoms with Gasteiger partial charge < -0.3 is 20.3 Å². The van der Waals surface area contributed by atoms with E-state index in [4.69, 9.17) is 4.74 Å². The number of thiol groups is 1. The monoisotopic (exact) mass is 505 g/mol. The zero-order valence-corrected chi connectivity index (χ0v) is 23.2. The lowest BCUT2D eigenvalue weighted by atomic mass is 9.91. The van der Waals surface area contributed by atoms with E-state index in [1.54, 1.807) is 25.7 Å². The van der Waals surface area contributed by atoms with Crippen molar-refractivity contribution < 1.29 is 19.1 Å². The maximum Gasteiger partial charge on any atom is 0.408 e. The third-order valence-corrected chi connectivity index (χ3v) is 6.64. The molecule has 0 heterocycles. The summed E-state index contributed by atoms with van der Waals surface area (Å²) >= 11 is 4.34. The van der Waals surface area contributed by atoms with Crippen molar-refractivity contribution in [3.63, 3.8) is 0 Å². The number of rotatable bonds is 8. The summed E-state index contributed by atoms with van der Waals surface area (Å²) in [7, 11) is 0. The summed E-state index contributed by atoms with van der Waals surface area (Å²) in [5.74, 6) is -0.482. The van der Waals surface area contributed by atoms with Crippen molar-refractivity contribution in [2.45, 2.75) is 110 Å². The Hall–Kier alpha value is -2.22. The number of ether oxygens (including phenoxy) is 1. The topological polar surface area (TPSA) is 87.7 Å². The number of hydrogen-bond acceptors (Lipinski definition) is 5. The molecular formula is C27H43N3O4S. The van der Waals surface area contributed by atoms with Crippen molar-refractivity contribution in [3.05, 3.63) is 34.9 Å². The van der Waals surface area contributed by atoms with E-state index < -0.39 is 23.8 Å². The molecule has 196 valence electrons. The lowest BCUT2D eigenvalue weighted by Crippen LogP contribution is -2.56. The van der Waals surface area contributed by atoms with Crippen LogP contribution in [-0.4, -0.2) is 52.3 Å². The Labute approximate surface area is 216 Å². The van der Waals surface area contributed by atoms with Gasteiger partial charge in [-0.2, -0.15) is 12.6 Å². The summed E-state index contributed by atoms with van der Waals surface area (Å²) in [6.07, 6.45) is 4.56. The fourth-order valence-corrected chi connectivity index (χ4v) is 4.92. The molecule has 0 saturated heterocycles. The molecule has 1 aromatic carbocycles. The fraction of sp³-hybridized carbons (Fsp3) is 0.667. The molecule has 1 saturated carbocycles. The Morgan fingerprint density at radius 3 is 2.14 bits per heavy atom. The first-order valence-electron chi connectivity index (χ1n) is 12.6. The summed E-state index contributed by atoms with van der Waals surface area (Å²) in [5.41, 5.74) is 2.00. The SMILES string of the molecule is Cc1cccc(C)c1C(C(=O)NC1CCCCC1)N(C(=O)C(CS)NC(=O)OC(C)(C)C)C(C)C. The second-order valence-electron chi connectivity index (χ2n) is 10.8. The van der Waals surface area contributed by atoms with Crippen molar-refractivity contribution >= 4 is 30.5 Å². The van der Waals surface area contributed by atoms with Crippen molar-refractivity contribution in [1.82, 2.24) is 15.5 Å². The molecule has 2 N–H and O–H groups in total. The highest BCUT2D eigenvalue weighted by atomic mass is 32.1. The second-order valence-corrected chi connectivity index (χ2v) is 11.1. The number of carbonyl (C=O) groups excluding carboxylic acids is 3. The van der Waals surface area contributed by atoms with Gasteiger partial charge in [0.15, 0.2) is 0 Å². The predicted molar refractivity (Wildman–Crippen MR) is 143 cm³/mol. The minimum Gasteiger partial charge on any atom is -0.444 e. The molecule has 2 rings (SSSR count). The van der Waals surface area contributed by atoms with Crippen LogP contribution in [0, 0.1) is 13.8 Å². The van der Waals surface area contributed by atoms with E-state index in [-0.39, 0.29) is 29.7 Å². The molecule has 0 bridgehead atoms. The van der Waals surface area contributed by atoms with E-state index in [1.807, 2.05) is 45.9 Å². The van der Waals surface area contributed by atoms with Crippen LogP contribution in [0.2, 0.25) is 0 Å². The van der Waals surface area contributed by atoms with Crippen LogP contribution in [0.1, 0.15) is 89.5 Å². The number of nitrogens with zero attached hydrogens (tertiary/aromatic N) is 1. The van der Waals surface area contributed by atoms with Gasteiger partial charge in [-0.1, -0.05) is 37.5 Å². The van der Waals surface area contributed by atoms with E-state index in [2.05, 4.69) is 23.3 Å². The molecule has 0 aromatic heterocycles. The van der Waals surface area contributed by atoms with E-state index in [9.17, 15) is 14.4 Å². The Morgan fingerprint density at radius 2 is 1.66 bits per heavy atom. The number of nitrogens with one attached hydrogen (secondary N) is 2. The standard InChI is InChI=1S/C27H43N3O4S/c1-17(2)30(25(32)21(16-35)29-26(33)34-27(5,6)7)23(22-18(3)12-11-13-19(22)4)24(31)28-20-14-9-8-10-15-20/h11-13,17,20-21,23,35H,8-10,14-16H2,1-7H3,(H,28,31)(H,29,33). The molecule has 0 spiro atoms. The number of amides is 3. The molecular weight excluding hydrogens is 462 g/mol. The third-order valence-electron chi connectivity index (χ3n) is 6.28. The van der Waals surface area contributed by atoms with Gasteiger partial charge in [-0.3, -0.25) is 9.59 Å². The molecule has 2 atom stereocenters. The molecule has 0 radical (unpaired) electrons. The van der Waals surface area contributed by atoms with Gasteiger partial charge in [-0.15, -0.1) is 0 Å². The molecule has 2 unspecified atom stereocenters. The maximum absolute atomic E-state index is 13.9. The molecule has 3 amide bonds. The normalized spacial score (nSPS) is 16.4. The Balaban J connectivity index is 2.45. The highest BCUT2D eigenvalue weighted by Crippen LogP contribution is 2.31. The van der Waals surface area contributed by atoms with Gasteiger partial charge in [-0.25, -0.2) is 4.79 Å². The number of benzene rings is 1. The van der Waals surface area contributed by atoms with Gasteiger partial charge in [0.1, 0.15) is 17.7 Å². The van der Waals surface area contributed by atoms with Gasteiger partial charge >= 0.3 is 6.09 Å². The van der Waals surface area contributed by atoms with Crippen LogP contribution in [0.25, 0.3) is 0 Å². The summed E-state index contributed by atoms with van der Waals surface area (Å²) in [4.78, 5) is 41.8. The minimum atomic E-state index is -0.940. The van der Waals surface area contributed by atoms with E-state index in [0.29, 0.717) is 0 Å². The summed E-state index contributed by atoms with van der Waals surface area (Å²) in [5, 5.41) is 5.88. The van der Waals surface area contributed by atoms with Gasteiger partial charge in [0, 0.05) is 17.8 Å². The van der Waals surface area contributed by atoms with Crippen LogP contribution < -0.4 is 10.6 Å². The number of carbonyl (C=O) groups is 3. The van der Waals surface area contributed by atoms with Crippen LogP contribution in [0.5, 0.6) is 0 Å². The second kappa shape index (κ2) is 12.7. The van der Waals surface area contributed by atoms with Crippen LogP contribution >= 0.6 is 12.6 Å². The fourth-order valence-electron chi connectivity index (χ4n) is 4.68. The van der Waals surface area contributed by atoms with Gasteiger partial charge in [0.25, 0.3) is 0 Å². The minimum absolute atomic E-state index is 0.0744. The zero-order chi connectivity index (χ0) is 26.3. The van der Waals surface area contributed by atoms with Crippen molar-refractivity contribution in [2.75, 3.05) is 5.75 Å². The van der Waals surface area contributed by atoms with Crippen molar-refractivity contribution in [1.29, 1.82) is 0 Å². The molecule has 8 heteroatoms. The van der Waals surface area contributed by atoms with E-state index >= 15 is 0 Å². The molecule has 7 nitrogen and oxygen atoms in total. The number of aryl methyl sites for hydroxylation is 2. The van der Waals surface area contributed by atoms with Crippen molar-refractivity contribution in [2.24, 2.45) is 0 Å². The largest absolute Gasteiger partial charge is 0.444 e. The average Bonchev–Trinajstić information content (AvgIpc) is 2.75. The average molecular weight is 506 g/mol. The highest BCUT2D eigenvalue weighted by molar-refractivity contribution is 7.80. The quantitative estimate of drug-likeness (QED) is 0.441. The van der Waals surface area contributed by atoms with Crippen LogP contribution in [0.3, 0.4) is 0 Å². The number of alkyl carbamates (subject to hydrolysis) is 1. The summed E-state index contributed by atoms with van der Waals surface area (Å²) < 4.78 is 5.36. The Kier molecular flexibility index (Phi) is 10.5. The van der Waals surface area contributed by atoms with E-state index in [1.165, 1.54) is 6.42 Å². The molecule has 35 heavy (non-hydrogen) atoms. The lowest BCUT2D eigenvalue weighted by molar-refractivity contribution is -0.144. The third kappa shape index (κ3) is 8.16. The number of hydrogen-bond donors (Lipinski definition) is 3. The van der Waals surface area contributed by atoms with Crippen LogP contribution in [0.15, 0.2) is 18.2 Å². The van der Waals surface area contributed by atoms with Gasteiger partial charge in [0.05, 0.1) is 0 Å². The van der Waals surface area contributed by atoms with Crippen LogP contribution in [-0.2, 0) is 14.3 Å². The lowest BCUT2D eigenvalue weighted by Gasteiger charge is -2.39. The van der Waals surface area contributed by atoms with Crippen LogP contribution in [0.4, 0.5) is 4.79 Å². The first kappa shape index (κ1) is 29.0. The van der Waals surface area contributed by atoms with Crippen molar-refractivity contribution in [3.8, 4) is 0 Å².